The number of methoxy groups -OCH3 is 1. The molecule has 7 heteroatoms. The van der Waals surface area contributed by atoms with Gasteiger partial charge in [0.15, 0.2) is 5.96 Å². The van der Waals surface area contributed by atoms with E-state index in [0.717, 1.165) is 43.2 Å². The number of alkyl halides is 3. The molecule has 0 bridgehead atoms. The predicted molar refractivity (Wildman–Crippen MR) is 97.3 cm³/mol. The number of hydrogen-bond acceptors (Lipinski definition) is 2. The first kappa shape index (κ1) is 20.6. The largest absolute Gasteiger partial charge is 0.416 e. The Balaban J connectivity index is 1.75. The Bertz CT molecular complexity index is 581. The van der Waals surface area contributed by atoms with E-state index in [1.165, 1.54) is 31.4 Å². The zero-order valence-corrected chi connectivity index (χ0v) is 15.5. The van der Waals surface area contributed by atoms with Crippen molar-refractivity contribution in [1.29, 1.82) is 0 Å². The Labute approximate surface area is 153 Å². The van der Waals surface area contributed by atoms with Crippen molar-refractivity contribution >= 4 is 5.96 Å². The second-order valence-corrected chi connectivity index (χ2v) is 6.89. The third-order valence-electron chi connectivity index (χ3n) is 5.09. The van der Waals surface area contributed by atoms with Gasteiger partial charge in [-0.05, 0) is 48.8 Å². The summed E-state index contributed by atoms with van der Waals surface area (Å²) in [7, 11) is 3.44. The van der Waals surface area contributed by atoms with Crippen LogP contribution in [-0.2, 0) is 17.3 Å². The van der Waals surface area contributed by atoms with Crippen LogP contribution in [0.15, 0.2) is 29.3 Å². The zero-order chi connectivity index (χ0) is 19.0. The molecule has 1 aliphatic carbocycles. The fraction of sp³-hybridized carbons (Fsp3) is 0.632. The molecule has 26 heavy (non-hydrogen) atoms. The standard InChI is InChI=1S/C19H28F3N3O/c1-23-17(25-14-18(9-3-10-18)11-13-26-2)24-12-8-15-4-6-16(7-5-15)19(20,21)22/h4-7H,3,8-14H2,1-2H3,(H2,23,24,25). The molecule has 0 radical (unpaired) electrons. The van der Waals surface area contributed by atoms with Crippen LogP contribution in [0.2, 0.25) is 0 Å². The summed E-state index contributed by atoms with van der Waals surface area (Å²) in [6.45, 7) is 2.23. The quantitative estimate of drug-likeness (QED) is 0.542. The molecule has 1 saturated carbocycles. The average molecular weight is 371 g/mol. The van der Waals surface area contributed by atoms with Crippen LogP contribution in [-0.4, -0.2) is 39.8 Å². The molecule has 0 spiro atoms. The second kappa shape index (κ2) is 9.26. The first-order valence-electron chi connectivity index (χ1n) is 8.98. The lowest BCUT2D eigenvalue weighted by Crippen LogP contribution is -2.47. The van der Waals surface area contributed by atoms with Gasteiger partial charge in [0.2, 0.25) is 0 Å². The molecule has 0 saturated heterocycles. The van der Waals surface area contributed by atoms with Gasteiger partial charge in [0.25, 0.3) is 0 Å². The molecule has 1 aromatic carbocycles. The maximum atomic E-state index is 12.6. The number of rotatable bonds is 8. The van der Waals surface area contributed by atoms with Crippen molar-refractivity contribution in [3.63, 3.8) is 0 Å². The van der Waals surface area contributed by atoms with Crippen LogP contribution in [0.25, 0.3) is 0 Å². The first-order valence-corrected chi connectivity index (χ1v) is 8.98. The van der Waals surface area contributed by atoms with Crippen molar-refractivity contribution in [2.45, 2.75) is 38.3 Å². The van der Waals surface area contributed by atoms with E-state index in [0.29, 0.717) is 18.4 Å². The summed E-state index contributed by atoms with van der Waals surface area (Å²) in [5, 5.41) is 6.60. The van der Waals surface area contributed by atoms with E-state index in [1.54, 1.807) is 14.2 Å². The molecule has 0 amide bonds. The molecular weight excluding hydrogens is 343 g/mol. The molecule has 0 heterocycles. The summed E-state index contributed by atoms with van der Waals surface area (Å²) < 4.78 is 42.9. The number of nitrogens with one attached hydrogen (secondary N) is 2. The number of halogens is 3. The van der Waals surface area contributed by atoms with Gasteiger partial charge in [-0.2, -0.15) is 13.2 Å². The number of nitrogens with zero attached hydrogens (tertiary/aromatic N) is 1. The molecule has 2 N–H and O–H groups in total. The maximum Gasteiger partial charge on any atom is 0.416 e. The van der Waals surface area contributed by atoms with Gasteiger partial charge < -0.3 is 15.4 Å². The van der Waals surface area contributed by atoms with Crippen LogP contribution >= 0.6 is 0 Å². The second-order valence-electron chi connectivity index (χ2n) is 6.89. The fourth-order valence-electron chi connectivity index (χ4n) is 3.19. The number of benzene rings is 1. The molecule has 0 atom stereocenters. The van der Waals surface area contributed by atoms with Crippen LogP contribution in [0.4, 0.5) is 13.2 Å². The highest BCUT2D eigenvalue weighted by molar-refractivity contribution is 5.79. The van der Waals surface area contributed by atoms with Crippen LogP contribution in [0.5, 0.6) is 0 Å². The average Bonchev–Trinajstić information content (AvgIpc) is 2.58. The summed E-state index contributed by atoms with van der Waals surface area (Å²) in [6, 6.07) is 5.29. The van der Waals surface area contributed by atoms with Gasteiger partial charge >= 0.3 is 6.18 Å². The maximum absolute atomic E-state index is 12.6. The molecule has 4 nitrogen and oxygen atoms in total. The van der Waals surface area contributed by atoms with E-state index >= 15 is 0 Å². The molecule has 0 aliphatic heterocycles. The molecule has 2 rings (SSSR count). The number of aliphatic imine (C=N–C) groups is 1. The lowest BCUT2D eigenvalue weighted by atomic mass is 9.67. The van der Waals surface area contributed by atoms with Crippen LogP contribution in [0.3, 0.4) is 0 Å². The van der Waals surface area contributed by atoms with Crippen molar-refractivity contribution in [1.82, 2.24) is 10.6 Å². The van der Waals surface area contributed by atoms with Gasteiger partial charge in [-0.3, -0.25) is 4.99 Å². The highest BCUT2D eigenvalue weighted by Gasteiger charge is 2.36. The van der Waals surface area contributed by atoms with Gasteiger partial charge in [-0.1, -0.05) is 18.6 Å². The third-order valence-corrected chi connectivity index (χ3v) is 5.09. The topological polar surface area (TPSA) is 45.7 Å². The normalized spacial score (nSPS) is 16.9. The van der Waals surface area contributed by atoms with E-state index in [9.17, 15) is 13.2 Å². The first-order chi connectivity index (χ1) is 12.4. The van der Waals surface area contributed by atoms with E-state index in [2.05, 4.69) is 15.6 Å². The summed E-state index contributed by atoms with van der Waals surface area (Å²) in [4.78, 5) is 4.22. The lowest BCUT2D eigenvalue weighted by Gasteiger charge is -2.42. The van der Waals surface area contributed by atoms with Crippen LogP contribution in [0.1, 0.15) is 36.8 Å². The fourth-order valence-corrected chi connectivity index (χ4v) is 3.19. The molecule has 1 fully saturated rings. The van der Waals surface area contributed by atoms with Crippen molar-refractivity contribution in [3.8, 4) is 0 Å². The minimum absolute atomic E-state index is 0.293. The molecule has 1 aromatic rings. The van der Waals surface area contributed by atoms with Crippen molar-refractivity contribution < 1.29 is 17.9 Å². The highest BCUT2D eigenvalue weighted by atomic mass is 19.4. The molecule has 146 valence electrons. The van der Waals surface area contributed by atoms with E-state index in [4.69, 9.17) is 4.74 Å². The van der Waals surface area contributed by atoms with Gasteiger partial charge in [0, 0.05) is 33.9 Å². The summed E-state index contributed by atoms with van der Waals surface area (Å²) >= 11 is 0. The highest BCUT2D eigenvalue weighted by Crippen LogP contribution is 2.43. The van der Waals surface area contributed by atoms with E-state index < -0.39 is 11.7 Å². The molecule has 1 aliphatic rings. The van der Waals surface area contributed by atoms with Gasteiger partial charge in [-0.15, -0.1) is 0 Å². The van der Waals surface area contributed by atoms with Crippen LogP contribution < -0.4 is 10.6 Å². The third kappa shape index (κ3) is 5.90. The molecular formula is C19H28F3N3O. The van der Waals surface area contributed by atoms with Crippen LogP contribution in [0, 0.1) is 5.41 Å². The molecule has 0 aromatic heterocycles. The van der Waals surface area contributed by atoms with E-state index in [-0.39, 0.29) is 0 Å². The van der Waals surface area contributed by atoms with Gasteiger partial charge in [0.1, 0.15) is 0 Å². The number of hydrogen-bond donors (Lipinski definition) is 2. The predicted octanol–water partition coefficient (Wildman–Crippen LogP) is 3.62. The van der Waals surface area contributed by atoms with E-state index in [1.807, 2.05) is 0 Å². The minimum atomic E-state index is -4.29. The Hall–Kier alpha value is -1.76. The Kier molecular flexibility index (Phi) is 7.32. The van der Waals surface area contributed by atoms with Crippen molar-refractivity contribution in [2.24, 2.45) is 10.4 Å². The van der Waals surface area contributed by atoms with Crippen molar-refractivity contribution in [2.75, 3.05) is 33.9 Å². The van der Waals surface area contributed by atoms with Gasteiger partial charge in [-0.25, -0.2) is 0 Å². The Morgan fingerprint density at radius 2 is 1.88 bits per heavy atom. The Morgan fingerprint density at radius 1 is 1.19 bits per heavy atom. The van der Waals surface area contributed by atoms with Crippen molar-refractivity contribution in [3.05, 3.63) is 35.4 Å². The monoisotopic (exact) mass is 371 g/mol. The minimum Gasteiger partial charge on any atom is -0.385 e. The number of guanidine groups is 1. The SMILES string of the molecule is CN=C(NCCc1ccc(C(F)(F)F)cc1)NCC1(CCOC)CCC1. The Morgan fingerprint density at radius 3 is 2.38 bits per heavy atom. The summed E-state index contributed by atoms with van der Waals surface area (Å²) in [6.07, 6.45) is 1.04. The zero-order valence-electron chi connectivity index (χ0n) is 15.5. The van der Waals surface area contributed by atoms with Gasteiger partial charge in [0.05, 0.1) is 5.56 Å². The summed E-state index contributed by atoms with van der Waals surface area (Å²) in [5.41, 5.74) is 0.534. The number of ether oxygens (including phenoxy) is 1. The smallest absolute Gasteiger partial charge is 0.385 e. The molecule has 0 unspecified atom stereocenters. The summed E-state index contributed by atoms with van der Waals surface area (Å²) in [5.74, 6) is 0.723. The lowest BCUT2D eigenvalue weighted by molar-refractivity contribution is -0.137.